The van der Waals surface area contributed by atoms with Gasteiger partial charge in [0.05, 0.1) is 17.2 Å². The number of aliphatic hydroxyl groups is 3. The summed E-state index contributed by atoms with van der Waals surface area (Å²) >= 11 is 0. The molecule has 5 rings (SSSR count). The number of nitrogens with two attached hydrogens (primary N) is 1. The number of aliphatic hydroxyl groups excluding tert-OH is 2. The molecule has 0 aliphatic heterocycles. The van der Waals surface area contributed by atoms with E-state index < -0.39 is 64.0 Å². The van der Waals surface area contributed by atoms with Gasteiger partial charge < -0.3 is 31.3 Å². The Labute approximate surface area is 222 Å². The van der Waals surface area contributed by atoms with Gasteiger partial charge in [-0.15, -0.1) is 0 Å². The molecule has 0 heterocycles. The highest BCUT2D eigenvalue weighted by Gasteiger charge is 2.64. The van der Waals surface area contributed by atoms with Gasteiger partial charge in [0.1, 0.15) is 22.8 Å². The molecule has 3 aliphatic carbocycles. The predicted octanol–water partition coefficient (Wildman–Crippen LogP) is 1.33. The summed E-state index contributed by atoms with van der Waals surface area (Å²) in [5, 5.41) is 53.8. The largest absolute Gasteiger partial charge is 0.508 e. The minimum absolute atomic E-state index is 0.0290. The molecule has 4 atom stereocenters. The van der Waals surface area contributed by atoms with Crippen molar-refractivity contribution < 1.29 is 44.7 Å². The molecular weight excluding hydrogens is 508 g/mol. The molecule has 1 fully saturated rings. The van der Waals surface area contributed by atoms with E-state index in [1.807, 2.05) is 0 Å². The zero-order valence-electron chi connectivity index (χ0n) is 21.0. The number of carboxylic acids is 1. The van der Waals surface area contributed by atoms with Crippen LogP contribution < -0.4 is 5.73 Å². The van der Waals surface area contributed by atoms with Crippen LogP contribution in [0.5, 0.6) is 5.75 Å². The SMILES string of the molecule is CN(C)C1C(=O)C(C(N)=O)=C(O)C2(O)C(=O)C3=C(O)c4c(O)ccc(-c5ccc(C(=O)O)cc5)c4CC3CC12. The number of nitrogens with zero attached hydrogens (tertiary/aromatic N) is 1. The average molecular weight is 535 g/mol. The smallest absolute Gasteiger partial charge is 0.335 e. The molecule has 11 heteroatoms. The van der Waals surface area contributed by atoms with Gasteiger partial charge >= 0.3 is 5.97 Å². The maximum absolute atomic E-state index is 13.9. The summed E-state index contributed by atoms with van der Waals surface area (Å²) in [6.45, 7) is 0. The van der Waals surface area contributed by atoms with E-state index in [9.17, 15) is 44.7 Å². The van der Waals surface area contributed by atoms with E-state index in [4.69, 9.17) is 5.73 Å². The van der Waals surface area contributed by atoms with Crippen LogP contribution in [0, 0.1) is 11.8 Å². The Morgan fingerprint density at radius 1 is 1.03 bits per heavy atom. The summed E-state index contributed by atoms with van der Waals surface area (Å²) in [5.41, 5.74) is 3.24. The number of phenols is 1. The fourth-order valence-corrected chi connectivity index (χ4v) is 6.31. The Kier molecular flexibility index (Phi) is 5.89. The number of ketones is 2. The number of carboxylic acid groups (broad SMARTS) is 1. The van der Waals surface area contributed by atoms with Crippen molar-refractivity contribution in [2.45, 2.75) is 24.5 Å². The van der Waals surface area contributed by atoms with Crippen LogP contribution in [0.2, 0.25) is 0 Å². The molecule has 2 aromatic rings. The highest BCUT2D eigenvalue weighted by molar-refractivity contribution is 6.24. The minimum atomic E-state index is -2.70. The Morgan fingerprint density at radius 2 is 1.67 bits per heavy atom. The zero-order chi connectivity index (χ0) is 28.5. The molecule has 3 aliphatic rings. The van der Waals surface area contributed by atoms with Crippen molar-refractivity contribution in [2.75, 3.05) is 14.1 Å². The molecule has 0 radical (unpaired) electrons. The Morgan fingerprint density at radius 3 is 2.23 bits per heavy atom. The predicted molar refractivity (Wildman–Crippen MR) is 137 cm³/mol. The first-order valence-electron chi connectivity index (χ1n) is 12.1. The van der Waals surface area contributed by atoms with Gasteiger partial charge in [-0.1, -0.05) is 18.2 Å². The number of Topliss-reactive ketones (excluding diaryl/α,β-unsaturated/α-hetero) is 2. The molecule has 202 valence electrons. The standard InChI is InChI=1S/C28H26N2O9/c1-30(2)21-16-10-13-9-15-14(11-3-5-12(6-4-11)27(37)38)7-8-17(31)19(15)22(32)18(13)24(34)28(16,39)25(35)20(23(21)33)26(29)36/h3-8,13,16,21,31-32,35,39H,9-10H2,1-2H3,(H2,29,36)(H,37,38). The van der Waals surface area contributed by atoms with Crippen LogP contribution in [0.3, 0.4) is 0 Å². The highest BCUT2D eigenvalue weighted by atomic mass is 16.4. The van der Waals surface area contributed by atoms with Crippen LogP contribution >= 0.6 is 0 Å². The van der Waals surface area contributed by atoms with Crippen LogP contribution in [0.1, 0.15) is 27.9 Å². The van der Waals surface area contributed by atoms with Gasteiger partial charge in [0, 0.05) is 11.5 Å². The normalized spacial score (nSPS) is 26.3. The molecular formula is C28H26N2O9. The van der Waals surface area contributed by atoms with Crippen LogP contribution in [-0.4, -0.2) is 79.6 Å². The van der Waals surface area contributed by atoms with E-state index in [-0.39, 0.29) is 35.3 Å². The third-order valence-corrected chi connectivity index (χ3v) is 8.05. The number of carbonyl (C=O) groups is 4. The topological polar surface area (TPSA) is 199 Å². The number of hydrogen-bond donors (Lipinski definition) is 6. The first-order chi connectivity index (χ1) is 18.3. The van der Waals surface area contributed by atoms with Crippen LogP contribution in [0.4, 0.5) is 0 Å². The lowest BCUT2D eigenvalue weighted by Gasteiger charge is -2.50. The molecule has 11 nitrogen and oxygen atoms in total. The van der Waals surface area contributed by atoms with Crippen molar-refractivity contribution in [2.24, 2.45) is 17.6 Å². The van der Waals surface area contributed by atoms with E-state index in [2.05, 4.69) is 0 Å². The fourth-order valence-electron chi connectivity index (χ4n) is 6.31. The molecule has 4 unspecified atom stereocenters. The molecule has 1 amide bonds. The van der Waals surface area contributed by atoms with Crippen LogP contribution in [0.15, 0.2) is 53.3 Å². The number of carbonyl (C=O) groups excluding carboxylic acids is 3. The first kappa shape index (κ1) is 26.1. The van der Waals surface area contributed by atoms with Gasteiger partial charge in [-0.05, 0) is 67.7 Å². The van der Waals surface area contributed by atoms with Gasteiger partial charge in [-0.2, -0.15) is 0 Å². The molecule has 1 saturated carbocycles. The van der Waals surface area contributed by atoms with Gasteiger partial charge in [-0.25, -0.2) is 4.79 Å². The second kappa shape index (κ2) is 8.79. The Balaban J connectivity index is 1.71. The number of rotatable bonds is 4. The van der Waals surface area contributed by atoms with Crippen molar-refractivity contribution >= 4 is 29.2 Å². The number of benzene rings is 2. The fraction of sp³-hybridized carbons (Fsp3) is 0.286. The number of primary amides is 1. The molecule has 0 bridgehead atoms. The van der Waals surface area contributed by atoms with Gasteiger partial charge in [0.2, 0.25) is 5.78 Å². The number of hydrogen-bond acceptors (Lipinski definition) is 9. The Bertz CT molecular complexity index is 1540. The zero-order valence-corrected chi connectivity index (χ0v) is 21.0. The van der Waals surface area contributed by atoms with E-state index in [0.29, 0.717) is 16.7 Å². The Hall–Kier alpha value is -4.48. The summed E-state index contributed by atoms with van der Waals surface area (Å²) in [7, 11) is 3.06. The third kappa shape index (κ3) is 3.57. The number of aromatic hydroxyl groups is 1. The summed E-state index contributed by atoms with van der Waals surface area (Å²) < 4.78 is 0. The van der Waals surface area contributed by atoms with E-state index in [1.165, 1.54) is 37.2 Å². The molecule has 0 saturated heterocycles. The molecule has 0 spiro atoms. The first-order valence-corrected chi connectivity index (χ1v) is 12.1. The van der Waals surface area contributed by atoms with E-state index >= 15 is 0 Å². The number of aromatic carboxylic acids is 1. The summed E-state index contributed by atoms with van der Waals surface area (Å²) in [4.78, 5) is 51.8. The van der Waals surface area contributed by atoms with Crippen molar-refractivity contribution in [3.05, 3.63) is 70.0 Å². The second-order valence-electron chi connectivity index (χ2n) is 10.3. The van der Waals surface area contributed by atoms with Gasteiger partial charge in [0.15, 0.2) is 11.4 Å². The highest BCUT2D eigenvalue weighted by Crippen LogP contribution is 2.53. The number of amides is 1. The third-order valence-electron chi connectivity index (χ3n) is 8.05. The van der Waals surface area contributed by atoms with Gasteiger partial charge in [0.25, 0.3) is 5.91 Å². The lowest BCUT2D eigenvalue weighted by molar-refractivity contribution is -0.153. The molecule has 7 N–H and O–H groups in total. The summed E-state index contributed by atoms with van der Waals surface area (Å²) in [6, 6.07) is 7.79. The quantitative estimate of drug-likeness (QED) is 0.311. The van der Waals surface area contributed by atoms with Gasteiger partial charge in [-0.3, -0.25) is 19.3 Å². The molecule has 39 heavy (non-hydrogen) atoms. The average Bonchev–Trinajstić information content (AvgIpc) is 2.86. The minimum Gasteiger partial charge on any atom is -0.508 e. The maximum atomic E-state index is 13.9. The lowest BCUT2D eigenvalue weighted by Crippen LogP contribution is -2.65. The molecule has 0 aromatic heterocycles. The number of fused-ring (bicyclic) bond motifs is 3. The lowest BCUT2D eigenvalue weighted by atomic mass is 9.57. The summed E-state index contributed by atoms with van der Waals surface area (Å²) in [6.07, 6.45) is 0.0950. The van der Waals surface area contributed by atoms with Crippen molar-refractivity contribution in [1.29, 1.82) is 0 Å². The van der Waals surface area contributed by atoms with Crippen molar-refractivity contribution in [1.82, 2.24) is 4.90 Å². The summed E-state index contributed by atoms with van der Waals surface area (Å²) in [5.74, 6) is -8.25. The van der Waals surface area contributed by atoms with Crippen LogP contribution in [-0.2, 0) is 20.8 Å². The second-order valence-corrected chi connectivity index (χ2v) is 10.3. The monoisotopic (exact) mass is 534 g/mol. The number of phenolic OH excluding ortho intramolecular Hbond substituents is 1. The number of likely N-dealkylation sites (N-methyl/N-ethyl adjacent to an activating group) is 1. The molecule has 2 aromatic carbocycles. The maximum Gasteiger partial charge on any atom is 0.335 e. The van der Waals surface area contributed by atoms with E-state index in [0.717, 1.165) is 0 Å². The van der Waals surface area contributed by atoms with E-state index in [1.54, 1.807) is 18.2 Å². The van der Waals surface area contributed by atoms with Crippen LogP contribution in [0.25, 0.3) is 16.9 Å². The van der Waals surface area contributed by atoms with Crippen molar-refractivity contribution in [3.8, 4) is 16.9 Å². The van der Waals surface area contributed by atoms with Crippen molar-refractivity contribution in [3.63, 3.8) is 0 Å².